The molecule has 33 heavy (non-hydrogen) atoms. The summed E-state index contributed by atoms with van der Waals surface area (Å²) in [7, 11) is -2.21. The Labute approximate surface area is 193 Å². The maximum Gasteiger partial charge on any atom is 0.247 e. The highest BCUT2D eigenvalue weighted by molar-refractivity contribution is 7.89. The number of amides is 2. The molecule has 3 aromatic rings. The number of benzene rings is 3. The topological polar surface area (TPSA) is 78.0 Å². The lowest BCUT2D eigenvalue weighted by Gasteiger charge is -2.48. The summed E-state index contributed by atoms with van der Waals surface area (Å²) < 4.78 is 28.4. The molecule has 0 radical (unpaired) electrons. The standard InChI is InChI=1S/C25H25N3O4S/c1-26-21(16-18-8-3-2-4-9-18)25(30)28-15-14-27(17-22(28)24(26)29)33(31,32)23-13-7-11-19-10-5-6-12-20(19)23/h2-13,21-22H,14-17H2,1H3/t21-,22+/m0/s1. The van der Waals surface area contributed by atoms with E-state index in [9.17, 15) is 18.0 Å². The van der Waals surface area contributed by atoms with E-state index in [0.717, 1.165) is 10.9 Å². The molecule has 0 saturated carbocycles. The first-order valence-electron chi connectivity index (χ1n) is 11.0. The fourth-order valence-corrected chi connectivity index (χ4v) is 6.47. The van der Waals surface area contributed by atoms with E-state index in [2.05, 4.69) is 0 Å². The SMILES string of the molecule is CN1C(=O)[C@H]2CN(S(=O)(=O)c3cccc4ccccc34)CCN2C(=O)[C@@H]1Cc1ccccc1. The number of nitrogens with zero attached hydrogens (tertiary/aromatic N) is 3. The second kappa shape index (κ2) is 8.28. The van der Waals surface area contributed by atoms with Gasteiger partial charge in [0.1, 0.15) is 12.1 Å². The molecule has 0 unspecified atom stereocenters. The van der Waals surface area contributed by atoms with E-state index in [1.165, 1.54) is 9.21 Å². The van der Waals surface area contributed by atoms with Crippen molar-refractivity contribution in [3.05, 3.63) is 78.4 Å². The van der Waals surface area contributed by atoms with Crippen LogP contribution in [-0.4, -0.2) is 73.1 Å². The molecule has 170 valence electrons. The Balaban J connectivity index is 1.41. The molecule has 7 nitrogen and oxygen atoms in total. The summed E-state index contributed by atoms with van der Waals surface area (Å²) in [5.74, 6) is -0.360. The van der Waals surface area contributed by atoms with Crippen LogP contribution in [0.4, 0.5) is 0 Å². The second-order valence-corrected chi connectivity index (χ2v) is 10.4. The Hall–Kier alpha value is -3.23. The molecule has 0 N–H and O–H groups in total. The van der Waals surface area contributed by atoms with Crippen molar-refractivity contribution >= 4 is 32.6 Å². The van der Waals surface area contributed by atoms with Gasteiger partial charge in [-0.15, -0.1) is 0 Å². The summed E-state index contributed by atoms with van der Waals surface area (Å²) in [6.07, 6.45) is 0.434. The van der Waals surface area contributed by atoms with Crippen LogP contribution in [0.3, 0.4) is 0 Å². The predicted molar refractivity (Wildman–Crippen MR) is 125 cm³/mol. The fraction of sp³-hybridized carbons (Fsp3) is 0.280. The second-order valence-electron chi connectivity index (χ2n) is 8.54. The van der Waals surface area contributed by atoms with Gasteiger partial charge in [0.05, 0.1) is 4.90 Å². The minimum absolute atomic E-state index is 0.0431. The van der Waals surface area contributed by atoms with Crippen LogP contribution in [0, 0.1) is 0 Å². The molecule has 2 fully saturated rings. The van der Waals surface area contributed by atoms with E-state index in [4.69, 9.17) is 0 Å². The molecular formula is C25H25N3O4S. The van der Waals surface area contributed by atoms with Gasteiger partial charge < -0.3 is 9.80 Å². The first-order valence-corrected chi connectivity index (χ1v) is 12.4. The van der Waals surface area contributed by atoms with Gasteiger partial charge in [0.15, 0.2) is 0 Å². The summed E-state index contributed by atoms with van der Waals surface area (Å²) in [5, 5.41) is 1.48. The van der Waals surface area contributed by atoms with Crippen LogP contribution in [0.15, 0.2) is 77.7 Å². The molecule has 0 spiro atoms. The zero-order valence-electron chi connectivity index (χ0n) is 18.3. The van der Waals surface area contributed by atoms with E-state index in [-0.39, 0.29) is 36.3 Å². The van der Waals surface area contributed by atoms with Crippen LogP contribution in [0.5, 0.6) is 0 Å². The van der Waals surface area contributed by atoms with Crippen molar-refractivity contribution in [2.45, 2.75) is 23.4 Å². The average Bonchev–Trinajstić information content (AvgIpc) is 2.85. The molecule has 2 heterocycles. The summed E-state index contributed by atoms with van der Waals surface area (Å²) in [6.45, 7) is 0.305. The summed E-state index contributed by atoms with van der Waals surface area (Å²) in [4.78, 5) is 29.8. The number of hydrogen-bond donors (Lipinski definition) is 0. The molecule has 0 aromatic heterocycles. The number of fused-ring (bicyclic) bond motifs is 2. The summed E-state index contributed by atoms with van der Waals surface area (Å²) >= 11 is 0. The monoisotopic (exact) mass is 463 g/mol. The molecule has 0 bridgehead atoms. The minimum Gasteiger partial charge on any atom is -0.332 e. The molecule has 2 aliphatic rings. The van der Waals surface area contributed by atoms with Crippen molar-refractivity contribution in [3.63, 3.8) is 0 Å². The Morgan fingerprint density at radius 1 is 0.848 bits per heavy atom. The van der Waals surface area contributed by atoms with E-state index >= 15 is 0 Å². The smallest absolute Gasteiger partial charge is 0.247 e. The van der Waals surface area contributed by atoms with Crippen molar-refractivity contribution in [1.29, 1.82) is 0 Å². The van der Waals surface area contributed by atoms with Gasteiger partial charge in [-0.25, -0.2) is 8.42 Å². The van der Waals surface area contributed by atoms with Gasteiger partial charge in [0.2, 0.25) is 21.8 Å². The third kappa shape index (κ3) is 3.69. The normalized spacial score (nSPS) is 22.0. The molecule has 2 aliphatic heterocycles. The molecule has 2 amide bonds. The highest BCUT2D eigenvalue weighted by atomic mass is 32.2. The number of hydrogen-bond acceptors (Lipinski definition) is 4. The predicted octanol–water partition coefficient (Wildman–Crippen LogP) is 2.12. The van der Waals surface area contributed by atoms with Crippen molar-refractivity contribution in [2.24, 2.45) is 0 Å². The Bertz CT molecular complexity index is 1320. The van der Waals surface area contributed by atoms with Crippen LogP contribution < -0.4 is 0 Å². The molecule has 5 rings (SSSR count). The molecule has 2 atom stereocenters. The Morgan fingerprint density at radius 2 is 1.55 bits per heavy atom. The van der Waals surface area contributed by atoms with Gasteiger partial charge in [-0.05, 0) is 17.0 Å². The lowest BCUT2D eigenvalue weighted by atomic mass is 9.97. The van der Waals surface area contributed by atoms with E-state index in [1.54, 1.807) is 30.1 Å². The number of sulfonamides is 1. The minimum atomic E-state index is -3.84. The molecule has 8 heteroatoms. The average molecular weight is 464 g/mol. The zero-order valence-corrected chi connectivity index (χ0v) is 19.1. The first kappa shape index (κ1) is 21.6. The van der Waals surface area contributed by atoms with Crippen molar-refractivity contribution in [3.8, 4) is 0 Å². The molecule has 3 aromatic carbocycles. The van der Waals surface area contributed by atoms with Crippen LogP contribution in [0.2, 0.25) is 0 Å². The largest absolute Gasteiger partial charge is 0.332 e. The van der Waals surface area contributed by atoms with Crippen LogP contribution in [0.1, 0.15) is 5.56 Å². The first-order chi connectivity index (χ1) is 15.9. The molecule has 2 saturated heterocycles. The van der Waals surface area contributed by atoms with Gasteiger partial charge in [-0.2, -0.15) is 4.31 Å². The van der Waals surface area contributed by atoms with Gasteiger partial charge in [0.25, 0.3) is 0 Å². The third-order valence-corrected chi connectivity index (χ3v) is 8.57. The highest BCUT2D eigenvalue weighted by Crippen LogP contribution is 2.29. The zero-order chi connectivity index (χ0) is 23.2. The number of piperazine rings is 2. The molecular weight excluding hydrogens is 438 g/mol. The number of carbonyl (C=O) groups is 2. The van der Waals surface area contributed by atoms with Crippen LogP contribution in [-0.2, 0) is 26.0 Å². The third-order valence-electron chi connectivity index (χ3n) is 6.65. The fourth-order valence-electron chi connectivity index (χ4n) is 4.82. The van der Waals surface area contributed by atoms with Crippen molar-refractivity contribution in [2.75, 3.05) is 26.7 Å². The number of carbonyl (C=O) groups excluding carboxylic acids is 2. The summed E-state index contributed by atoms with van der Waals surface area (Å²) in [6, 6.07) is 20.7. The Kier molecular flexibility index (Phi) is 5.42. The van der Waals surface area contributed by atoms with Gasteiger partial charge >= 0.3 is 0 Å². The van der Waals surface area contributed by atoms with Gasteiger partial charge in [0, 0.05) is 38.5 Å². The number of likely N-dealkylation sites (N-methyl/N-ethyl adjacent to an activating group) is 1. The summed E-state index contributed by atoms with van der Waals surface area (Å²) in [5.41, 5.74) is 0.978. The van der Waals surface area contributed by atoms with E-state index in [1.807, 2.05) is 54.6 Å². The Morgan fingerprint density at radius 3 is 2.33 bits per heavy atom. The van der Waals surface area contributed by atoms with Crippen LogP contribution >= 0.6 is 0 Å². The van der Waals surface area contributed by atoms with E-state index in [0.29, 0.717) is 11.8 Å². The quantitative estimate of drug-likeness (QED) is 0.594. The number of rotatable bonds is 4. The maximum atomic E-state index is 13.5. The highest BCUT2D eigenvalue weighted by Gasteiger charge is 2.48. The maximum absolute atomic E-state index is 13.5. The van der Waals surface area contributed by atoms with E-state index < -0.39 is 22.1 Å². The van der Waals surface area contributed by atoms with Crippen molar-refractivity contribution in [1.82, 2.24) is 14.1 Å². The van der Waals surface area contributed by atoms with Gasteiger partial charge in [-0.1, -0.05) is 66.7 Å². The van der Waals surface area contributed by atoms with Gasteiger partial charge in [-0.3, -0.25) is 9.59 Å². The lowest BCUT2D eigenvalue weighted by molar-refractivity contribution is -0.162. The lowest BCUT2D eigenvalue weighted by Crippen LogP contribution is -2.70. The van der Waals surface area contributed by atoms with Crippen LogP contribution in [0.25, 0.3) is 10.8 Å². The van der Waals surface area contributed by atoms with Crippen molar-refractivity contribution < 1.29 is 18.0 Å². The molecule has 0 aliphatic carbocycles.